The van der Waals surface area contributed by atoms with Crippen molar-refractivity contribution in [3.63, 3.8) is 0 Å². The summed E-state index contributed by atoms with van der Waals surface area (Å²) >= 11 is 3.22. The van der Waals surface area contributed by atoms with Crippen molar-refractivity contribution in [1.82, 2.24) is 0 Å². The fourth-order valence-electron chi connectivity index (χ4n) is 1.64. The van der Waals surface area contributed by atoms with Gasteiger partial charge in [-0.15, -0.1) is 0 Å². The molecule has 0 aromatic heterocycles. The summed E-state index contributed by atoms with van der Waals surface area (Å²) in [6.07, 6.45) is 0. The summed E-state index contributed by atoms with van der Waals surface area (Å²) in [4.78, 5) is 20.5. The summed E-state index contributed by atoms with van der Waals surface area (Å²) < 4.78 is 0.585. The molecule has 0 aliphatic heterocycles. The third-order valence-corrected chi connectivity index (χ3v) is 3.03. The van der Waals surface area contributed by atoms with Crippen molar-refractivity contribution < 1.29 is 9.85 Å². The van der Waals surface area contributed by atoms with Gasteiger partial charge in [-0.1, -0.05) is 28.1 Å². The summed E-state index contributed by atoms with van der Waals surface area (Å²) in [6, 6.07) is 7.10. The first-order valence-corrected chi connectivity index (χ1v) is 5.31. The first-order valence-electron chi connectivity index (χ1n) is 4.52. The number of benzene rings is 2. The molecular formula is C10H5BrN2O4. The number of nitro groups is 2. The van der Waals surface area contributed by atoms with Crippen molar-refractivity contribution in [3.8, 4) is 0 Å². The van der Waals surface area contributed by atoms with Gasteiger partial charge in [0.25, 0.3) is 11.4 Å². The predicted octanol–water partition coefficient (Wildman–Crippen LogP) is 3.42. The summed E-state index contributed by atoms with van der Waals surface area (Å²) in [5.41, 5.74) is -0.536. The van der Waals surface area contributed by atoms with E-state index in [2.05, 4.69) is 15.9 Å². The molecule has 2 rings (SSSR count). The van der Waals surface area contributed by atoms with Crippen molar-refractivity contribution in [3.05, 3.63) is 55.0 Å². The lowest BCUT2D eigenvalue weighted by Gasteiger charge is -2.02. The quantitative estimate of drug-likeness (QED) is 0.627. The molecule has 0 aliphatic carbocycles. The normalized spacial score (nSPS) is 10.4. The number of hydrogen-bond donors (Lipinski definition) is 0. The van der Waals surface area contributed by atoms with Gasteiger partial charge in [0.2, 0.25) is 0 Å². The van der Waals surface area contributed by atoms with Crippen LogP contribution in [0.25, 0.3) is 10.8 Å². The Morgan fingerprint density at radius 2 is 1.53 bits per heavy atom. The van der Waals surface area contributed by atoms with E-state index in [-0.39, 0.29) is 16.8 Å². The van der Waals surface area contributed by atoms with Gasteiger partial charge >= 0.3 is 0 Å². The van der Waals surface area contributed by atoms with Crippen LogP contribution in [0.15, 0.2) is 34.8 Å². The molecule has 0 atom stereocenters. The maximum Gasteiger partial charge on any atom is 0.284 e. The highest BCUT2D eigenvalue weighted by Gasteiger charge is 2.22. The molecule has 0 N–H and O–H groups in total. The Hall–Kier alpha value is -2.02. The van der Waals surface area contributed by atoms with Crippen LogP contribution in [-0.2, 0) is 0 Å². The minimum absolute atomic E-state index is 0.0388. The average Bonchev–Trinajstić information content (AvgIpc) is 2.28. The van der Waals surface area contributed by atoms with E-state index in [4.69, 9.17) is 0 Å². The molecule has 7 heteroatoms. The van der Waals surface area contributed by atoms with E-state index in [0.29, 0.717) is 9.86 Å². The van der Waals surface area contributed by atoms with E-state index < -0.39 is 9.85 Å². The van der Waals surface area contributed by atoms with E-state index in [1.807, 2.05) is 0 Å². The Kier molecular flexibility index (Phi) is 2.76. The zero-order valence-corrected chi connectivity index (χ0v) is 9.88. The van der Waals surface area contributed by atoms with Crippen molar-refractivity contribution in [1.29, 1.82) is 0 Å². The van der Waals surface area contributed by atoms with E-state index in [1.165, 1.54) is 24.3 Å². The van der Waals surface area contributed by atoms with Gasteiger partial charge in [-0.05, 0) is 6.07 Å². The zero-order valence-electron chi connectivity index (χ0n) is 8.29. The Balaban J connectivity index is 2.99. The van der Waals surface area contributed by atoms with Gasteiger partial charge in [0.15, 0.2) is 0 Å². The van der Waals surface area contributed by atoms with Gasteiger partial charge in [0, 0.05) is 22.0 Å². The van der Waals surface area contributed by atoms with Crippen LogP contribution in [0.2, 0.25) is 0 Å². The zero-order chi connectivity index (χ0) is 12.6. The van der Waals surface area contributed by atoms with Gasteiger partial charge in [0.1, 0.15) is 5.39 Å². The molecule has 0 aliphatic rings. The molecule has 86 valence electrons. The van der Waals surface area contributed by atoms with Gasteiger partial charge < -0.3 is 0 Å². The smallest absolute Gasteiger partial charge is 0.258 e. The Labute approximate surface area is 103 Å². The van der Waals surface area contributed by atoms with Crippen LogP contribution in [0.4, 0.5) is 11.4 Å². The van der Waals surface area contributed by atoms with Crippen molar-refractivity contribution in [2.75, 3.05) is 0 Å². The SMILES string of the molecule is O=[N+]([O-])c1cccc2c(Br)ccc([N+](=O)[O-])c12. The molecule has 0 amide bonds. The number of nitrogens with zero attached hydrogens (tertiary/aromatic N) is 2. The first-order chi connectivity index (χ1) is 8.02. The minimum atomic E-state index is -0.623. The lowest BCUT2D eigenvalue weighted by Crippen LogP contribution is -1.95. The number of non-ortho nitro benzene ring substituents is 2. The maximum absolute atomic E-state index is 10.9. The van der Waals surface area contributed by atoms with Crippen LogP contribution in [0.1, 0.15) is 0 Å². The minimum Gasteiger partial charge on any atom is -0.258 e. The fraction of sp³-hybridized carbons (Fsp3) is 0. The van der Waals surface area contributed by atoms with Crippen LogP contribution < -0.4 is 0 Å². The molecule has 17 heavy (non-hydrogen) atoms. The molecule has 0 heterocycles. The van der Waals surface area contributed by atoms with E-state index >= 15 is 0 Å². The second-order valence-corrected chi connectivity index (χ2v) is 4.13. The molecule has 6 nitrogen and oxygen atoms in total. The Bertz CT molecular complexity index is 621. The third-order valence-electron chi connectivity index (χ3n) is 2.34. The molecule has 0 unspecified atom stereocenters. The van der Waals surface area contributed by atoms with Gasteiger partial charge in [-0.3, -0.25) is 20.2 Å². The second-order valence-electron chi connectivity index (χ2n) is 3.28. The lowest BCUT2D eigenvalue weighted by atomic mass is 10.1. The standard InChI is InChI=1S/C10H5BrN2O4/c11-7-4-5-9(13(16)17)10-6(7)2-1-3-8(10)12(14)15/h1-5H. The van der Waals surface area contributed by atoms with Gasteiger partial charge in [-0.25, -0.2) is 0 Å². The summed E-state index contributed by atoms with van der Waals surface area (Å²) in [5.74, 6) is 0. The second kappa shape index (κ2) is 4.10. The monoisotopic (exact) mass is 296 g/mol. The maximum atomic E-state index is 10.9. The summed E-state index contributed by atoms with van der Waals surface area (Å²) in [5, 5.41) is 22.2. The molecule has 0 radical (unpaired) electrons. The highest BCUT2D eigenvalue weighted by molar-refractivity contribution is 9.10. The van der Waals surface area contributed by atoms with E-state index in [0.717, 1.165) is 0 Å². The van der Waals surface area contributed by atoms with Crippen LogP contribution in [0.5, 0.6) is 0 Å². The molecule has 2 aromatic carbocycles. The van der Waals surface area contributed by atoms with Crippen LogP contribution in [0.3, 0.4) is 0 Å². The fourth-order valence-corrected chi connectivity index (χ4v) is 2.10. The highest BCUT2D eigenvalue weighted by Crippen LogP contribution is 2.37. The first kappa shape index (κ1) is 11.5. The van der Waals surface area contributed by atoms with Gasteiger partial charge in [-0.2, -0.15) is 0 Å². The lowest BCUT2D eigenvalue weighted by molar-refractivity contribution is -0.390. The van der Waals surface area contributed by atoms with E-state index in [9.17, 15) is 20.2 Å². The molecular weight excluding hydrogens is 292 g/mol. The van der Waals surface area contributed by atoms with Crippen molar-refractivity contribution in [2.24, 2.45) is 0 Å². The predicted molar refractivity (Wildman–Crippen MR) is 65.0 cm³/mol. The topological polar surface area (TPSA) is 86.3 Å². The number of rotatable bonds is 2. The molecule has 0 saturated carbocycles. The summed E-state index contributed by atoms with van der Waals surface area (Å²) in [7, 11) is 0. The number of nitro benzene ring substituents is 2. The van der Waals surface area contributed by atoms with Crippen molar-refractivity contribution >= 4 is 38.1 Å². The van der Waals surface area contributed by atoms with Crippen LogP contribution in [-0.4, -0.2) is 9.85 Å². The molecule has 0 bridgehead atoms. The highest BCUT2D eigenvalue weighted by atomic mass is 79.9. The Morgan fingerprint density at radius 3 is 2.12 bits per heavy atom. The number of halogens is 1. The van der Waals surface area contributed by atoms with Crippen LogP contribution >= 0.6 is 15.9 Å². The van der Waals surface area contributed by atoms with Crippen LogP contribution in [0, 0.1) is 20.2 Å². The molecule has 0 spiro atoms. The molecule has 0 fully saturated rings. The number of fused-ring (bicyclic) bond motifs is 1. The molecule has 0 saturated heterocycles. The third kappa shape index (κ3) is 1.84. The average molecular weight is 297 g/mol. The largest absolute Gasteiger partial charge is 0.284 e. The Morgan fingerprint density at radius 1 is 0.941 bits per heavy atom. The van der Waals surface area contributed by atoms with Gasteiger partial charge in [0.05, 0.1) is 9.85 Å². The number of hydrogen-bond acceptors (Lipinski definition) is 4. The molecule has 2 aromatic rings. The van der Waals surface area contributed by atoms with E-state index in [1.54, 1.807) is 6.07 Å². The summed E-state index contributed by atoms with van der Waals surface area (Å²) in [6.45, 7) is 0. The van der Waals surface area contributed by atoms with Crippen molar-refractivity contribution in [2.45, 2.75) is 0 Å².